The maximum atomic E-state index is 12.4. The van der Waals surface area contributed by atoms with Crippen LogP contribution in [0.25, 0.3) is 0 Å². The molecule has 1 saturated heterocycles. The van der Waals surface area contributed by atoms with Gasteiger partial charge in [-0.2, -0.15) is 0 Å². The standard InChI is InChI=1S/C15H25N3O/c1-3-17-11-6-7-15(2,13-17)14(19)16-8-12-18-9-4-5-10-18/h4-5,9-10H,3,6-8,11-13H2,1-2H3,(H,16,19)/t15-/m0/s1. The summed E-state index contributed by atoms with van der Waals surface area (Å²) in [6.45, 7) is 8.85. The Labute approximate surface area is 115 Å². The predicted molar refractivity (Wildman–Crippen MR) is 76.9 cm³/mol. The van der Waals surface area contributed by atoms with E-state index in [2.05, 4.69) is 28.6 Å². The first kappa shape index (κ1) is 14.1. The van der Waals surface area contributed by atoms with Gasteiger partial charge in [0.2, 0.25) is 5.91 Å². The Morgan fingerprint density at radius 2 is 2.11 bits per heavy atom. The fourth-order valence-corrected chi connectivity index (χ4v) is 2.83. The summed E-state index contributed by atoms with van der Waals surface area (Å²) in [6.07, 6.45) is 6.16. The van der Waals surface area contributed by atoms with Crippen molar-refractivity contribution >= 4 is 5.91 Å². The summed E-state index contributed by atoms with van der Waals surface area (Å²) >= 11 is 0. The van der Waals surface area contributed by atoms with Crippen LogP contribution in [0.2, 0.25) is 0 Å². The van der Waals surface area contributed by atoms with Crippen molar-refractivity contribution < 1.29 is 4.79 Å². The molecule has 0 aliphatic carbocycles. The van der Waals surface area contributed by atoms with E-state index < -0.39 is 0 Å². The number of hydrogen-bond donors (Lipinski definition) is 1. The zero-order chi connectivity index (χ0) is 13.7. The van der Waals surface area contributed by atoms with Crippen molar-refractivity contribution in [1.29, 1.82) is 0 Å². The van der Waals surface area contributed by atoms with E-state index in [1.54, 1.807) is 0 Å². The number of amides is 1. The van der Waals surface area contributed by atoms with E-state index in [4.69, 9.17) is 0 Å². The second-order valence-electron chi connectivity index (χ2n) is 5.71. The lowest BCUT2D eigenvalue weighted by atomic mass is 9.81. The van der Waals surface area contributed by atoms with Crippen molar-refractivity contribution in [2.45, 2.75) is 33.2 Å². The maximum absolute atomic E-state index is 12.4. The maximum Gasteiger partial charge on any atom is 0.227 e. The summed E-state index contributed by atoms with van der Waals surface area (Å²) in [4.78, 5) is 14.7. The molecule has 4 heteroatoms. The van der Waals surface area contributed by atoms with Gasteiger partial charge in [-0.15, -0.1) is 0 Å². The minimum absolute atomic E-state index is 0.206. The lowest BCUT2D eigenvalue weighted by Crippen LogP contribution is -2.50. The van der Waals surface area contributed by atoms with E-state index in [1.165, 1.54) is 0 Å². The molecule has 1 fully saturated rings. The van der Waals surface area contributed by atoms with E-state index in [0.29, 0.717) is 6.54 Å². The third-order valence-corrected chi connectivity index (χ3v) is 4.09. The number of piperidine rings is 1. The third kappa shape index (κ3) is 3.60. The summed E-state index contributed by atoms with van der Waals surface area (Å²) in [5, 5.41) is 3.09. The molecule has 106 valence electrons. The molecule has 1 aliphatic rings. The number of nitrogens with zero attached hydrogens (tertiary/aromatic N) is 2. The fraction of sp³-hybridized carbons (Fsp3) is 0.667. The molecule has 1 aliphatic heterocycles. The summed E-state index contributed by atoms with van der Waals surface area (Å²) < 4.78 is 2.09. The van der Waals surface area contributed by atoms with Gasteiger partial charge in [0, 0.05) is 32.0 Å². The number of hydrogen-bond acceptors (Lipinski definition) is 2. The van der Waals surface area contributed by atoms with Gasteiger partial charge in [0.15, 0.2) is 0 Å². The molecule has 2 heterocycles. The summed E-state index contributed by atoms with van der Waals surface area (Å²) in [5.41, 5.74) is -0.217. The second-order valence-corrected chi connectivity index (χ2v) is 5.71. The molecule has 0 saturated carbocycles. The van der Waals surface area contributed by atoms with E-state index in [9.17, 15) is 4.79 Å². The quantitative estimate of drug-likeness (QED) is 0.878. The third-order valence-electron chi connectivity index (χ3n) is 4.09. The number of nitrogens with one attached hydrogen (secondary N) is 1. The van der Waals surface area contributed by atoms with Crippen LogP contribution in [0.15, 0.2) is 24.5 Å². The molecule has 0 spiro atoms. The zero-order valence-corrected chi connectivity index (χ0v) is 12.1. The van der Waals surface area contributed by atoms with Crippen LogP contribution in [0, 0.1) is 5.41 Å². The molecule has 0 bridgehead atoms. The van der Waals surface area contributed by atoms with Crippen LogP contribution in [0.1, 0.15) is 26.7 Å². The highest BCUT2D eigenvalue weighted by atomic mass is 16.2. The lowest BCUT2D eigenvalue weighted by Gasteiger charge is -2.38. The lowest BCUT2D eigenvalue weighted by molar-refractivity contribution is -0.133. The topological polar surface area (TPSA) is 37.3 Å². The first-order valence-electron chi connectivity index (χ1n) is 7.25. The van der Waals surface area contributed by atoms with Crippen molar-refractivity contribution in [3.05, 3.63) is 24.5 Å². The Morgan fingerprint density at radius 1 is 1.37 bits per heavy atom. The Kier molecular flexibility index (Phi) is 4.64. The average Bonchev–Trinajstić information content (AvgIpc) is 2.91. The van der Waals surface area contributed by atoms with E-state index >= 15 is 0 Å². The molecule has 2 rings (SSSR count). The fourth-order valence-electron chi connectivity index (χ4n) is 2.83. The molecule has 4 nitrogen and oxygen atoms in total. The molecule has 0 radical (unpaired) electrons. The molecular formula is C15H25N3O. The second kappa shape index (κ2) is 6.24. The Morgan fingerprint density at radius 3 is 2.79 bits per heavy atom. The van der Waals surface area contributed by atoms with Crippen molar-refractivity contribution in [1.82, 2.24) is 14.8 Å². The van der Waals surface area contributed by atoms with Gasteiger partial charge in [0.1, 0.15) is 0 Å². The highest BCUT2D eigenvalue weighted by Gasteiger charge is 2.36. The van der Waals surface area contributed by atoms with Gasteiger partial charge in [-0.05, 0) is 45.0 Å². The molecule has 1 atom stereocenters. The predicted octanol–water partition coefficient (Wildman–Crippen LogP) is 1.73. The Bertz CT molecular complexity index is 402. The number of likely N-dealkylation sites (tertiary alicyclic amines) is 1. The van der Waals surface area contributed by atoms with E-state index in [1.807, 2.05) is 24.5 Å². The molecule has 0 unspecified atom stereocenters. The van der Waals surface area contributed by atoms with Crippen LogP contribution >= 0.6 is 0 Å². The summed E-state index contributed by atoms with van der Waals surface area (Å²) in [7, 11) is 0. The Balaban J connectivity index is 1.81. The van der Waals surface area contributed by atoms with Crippen LogP contribution in [-0.4, -0.2) is 41.6 Å². The van der Waals surface area contributed by atoms with Crippen molar-refractivity contribution in [2.24, 2.45) is 5.41 Å². The summed E-state index contributed by atoms with van der Waals surface area (Å²) in [5.74, 6) is 0.206. The molecule has 1 amide bonds. The number of rotatable bonds is 5. The van der Waals surface area contributed by atoms with Gasteiger partial charge in [-0.1, -0.05) is 6.92 Å². The molecule has 1 aromatic heterocycles. The SMILES string of the molecule is CCN1CCC[C@](C)(C(=O)NCCn2cccc2)C1. The van der Waals surface area contributed by atoms with Gasteiger partial charge >= 0.3 is 0 Å². The first-order valence-corrected chi connectivity index (χ1v) is 7.25. The van der Waals surface area contributed by atoms with Crippen molar-refractivity contribution in [3.8, 4) is 0 Å². The van der Waals surface area contributed by atoms with Gasteiger partial charge < -0.3 is 14.8 Å². The van der Waals surface area contributed by atoms with Crippen LogP contribution in [0.4, 0.5) is 0 Å². The van der Waals surface area contributed by atoms with Gasteiger partial charge in [0.25, 0.3) is 0 Å². The van der Waals surface area contributed by atoms with Crippen LogP contribution in [0.3, 0.4) is 0 Å². The molecule has 1 N–H and O–H groups in total. The number of carbonyl (C=O) groups excluding carboxylic acids is 1. The van der Waals surface area contributed by atoms with E-state index in [-0.39, 0.29) is 11.3 Å². The highest BCUT2D eigenvalue weighted by Crippen LogP contribution is 2.29. The zero-order valence-electron chi connectivity index (χ0n) is 12.1. The van der Waals surface area contributed by atoms with Crippen LogP contribution < -0.4 is 5.32 Å². The largest absolute Gasteiger partial charge is 0.354 e. The smallest absolute Gasteiger partial charge is 0.227 e. The number of carbonyl (C=O) groups is 1. The summed E-state index contributed by atoms with van der Waals surface area (Å²) in [6, 6.07) is 4.01. The molecule has 0 aromatic carbocycles. The monoisotopic (exact) mass is 263 g/mol. The minimum atomic E-state index is -0.217. The molecular weight excluding hydrogens is 238 g/mol. The van der Waals surface area contributed by atoms with Crippen LogP contribution in [-0.2, 0) is 11.3 Å². The van der Waals surface area contributed by atoms with E-state index in [0.717, 1.165) is 39.0 Å². The van der Waals surface area contributed by atoms with Gasteiger partial charge in [-0.3, -0.25) is 4.79 Å². The first-order chi connectivity index (χ1) is 9.14. The average molecular weight is 263 g/mol. The molecule has 1 aromatic rings. The Hall–Kier alpha value is -1.29. The minimum Gasteiger partial charge on any atom is -0.354 e. The van der Waals surface area contributed by atoms with Crippen molar-refractivity contribution in [3.63, 3.8) is 0 Å². The highest BCUT2D eigenvalue weighted by molar-refractivity contribution is 5.82. The van der Waals surface area contributed by atoms with Gasteiger partial charge in [0.05, 0.1) is 5.41 Å². The number of aromatic nitrogens is 1. The van der Waals surface area contributed by atoms with Gasteiger partial charge in [-0.25, -0.2) is 0 Å². The molecule has 19 heavy (non-hydrogen) atoms. The normalized spacial score (nSPS) is 24.3. The van der Waals surface area contributed by atoms with Crippen LogP contribution in [0.5, 0.6) is 0 Å². The van der Waals surface area contributed by atoms with Crippen molar-refractivity contribution in [2.75, 3.05) is 26.2 Å².